The van der Waals surface area contributed by atoms with Gasteiger partial charge in [0.05, 0.1) is 0 Å². The fourth-order valence-corrected chi connectivity index (χ4v) is 14.3. The molecule has 1 unspecified atom stereocenters. The minimum atomic E-state index is -4.55. The highest BCUT2D eigenvalue weighted by Crippen LogP contribution is 2.55. The molecule has 1 atom stereocenters. The normalized spacial score (nSPS) is 13.7. The summed E-state index contributed by atoms with van der Waals surface area (Å²) in [5.74, 6) is -7.58. The molecule has 0 saturated carbocycles. The maximum absolute atomic E-state index is 9.85. The molecule has 0 heterocycles. The molecule has 39 nitrogen and oxygen atoms in total. The van der Waals surface area contributed by atoms with Crippen LogP contribution in [0.4, 0.5) is 0 Å². The van der Waals surface area contributed by atoms with Gasteiger partial charge in [-0.2, -0.15) is 0 Å². The van der Waals surface area contributed by atoms with Crippen molar-refractivity contribution in [2.45, 2.75) is 32.1 Å². The largest absolute Gasteiger partial charge is 0.337 e. The summed E-state index contributed by atoms with van der Waals surface area (Å²) in [5, 5.41) is 0. The van der Waals surface area contributed by atoms with E-state index in [0.29, 0.717) is 5.92 Å². The second-order valence-corrected chi connectivity index (χ2v) is 34.9. The van der Waals surface area contributed by atoms with Crippen molar-refractivity contribution in [2.75, 3.05) is 55.1 Å². The van der Waals surface area contributed by atoms with Gasteiger partial charge in [0.25, 0.3) is 0 Å². The van der Waals surface area contributed by atoms with E-state index in [0.717, 1.165) is 32.5 Å². The molecule has 0 aliphatic rings. The van der Waals surface area contributed by atoms with Crippen LogP contribution in [0.25, 0.3) is 0 Å². The molecule has 0 spiro atoms. The number of unbranched alkanes of at least 4 members (excludes halogenated alkanes) is 1. The molecule has 0 amide bonds. The molecule has 66 heavy (non-hydrogen) atoms. The van der Waals surface area contributed by atoms with E-state index in [1.807, 2.05) is 0 Å². The highest BCUT2D eigenvalue weighted by atomic mass is 31.3. The average Bonchev–Trinajstić information content (AvgIpc) is 2.85. The van der Waals surface area contributed by atoms with Gasteiger partial charge in [0.1, 0.15) is 0 Å². The lowest BCUT2D eigenvalue weighted by atomic mass is 9.97. The zero-order valence-corrected chi connectivity index (χ0v) is 43.9. The molecule has 410 valence electrons. The summed E-state index contributed by atoms with van der Waals surface area (Å²) in [5.41, 5.74) is 16.5. The van der Waals surface area contributed by atoms with Crippen LogP contribution in [0, 0.1) is 5.92 Å². The molecule has 0 aromatic heterocycles. The molecule has 0 aromatic rings. The van der Waals surface area contributed by atoms with Gasteiger partial charge in [-0.1, -0.05) is 6.42 Å². The smallest absolute Gasteiger partial charge is 0.330 e. The molecule has 0 bridgehead atoms. The molecule has 0 rings (SSSR count). The number of rotatable bonds is 20. The number of nitrogens with two attached hydrogens (primary N) is 3. The lowest BCUT2D eigenvalue weighted by Gasteiger charge is -2.13. The lowest BCUT2D eigenvalue weighted by molar-refractivity contribution is 0.352. The fraction of sp³-hybridized carbons (Fsp3) is 1.00. The Morgan fingerprint density at radius 1 is 0.242 bits per heavy atom. The van der Waals surface area contributed by atoms with Crippen LogP contribution >= 0.6 is 91.1 Å². The first-order chi connectivity index (χ1) is 28.1. The Labute approximate surface area is 373 Å². The average molecular weight is 1230 g/mol. The van der Waals surface area contributed by atoms with Crippen LogP contribution in [0.2, 0.25) is 0 Å². The van der Waals surface area contributed by atoms with E-state index in [9.17, 15) is 54.8 Å². The summed E-state index contributed by atoms with van der Waals surface area (Å²) < 4.78 is 118. The minimum absolute atomic E-state index is 0.667. The van der Waals surface area contributed by atoms with E-state index in [2.05, 4.69) is 0 Å². The van der Waals surface area contributed by atoms with Gasteiger partial charge in [0.15, 0.2) is 35.4 Å². The number of hydrogen-bond donors (Lipinski definition) is 27. The van der Waals surface area contributed by atoms with Crippen LogP contribution in [-0.2, 0) is 54.8 Å². The van der Waals surface area contributed by atoms with Crippen molar-refractivity contribution in [3.63, 3.8) is 0 Å². The highest BCUT2D eigenvalue weighted by Gasteiger charge is 2.30. The molecule has 0 fully saturated rings. The first-order valence-electron chi connectivity index (χ1n) is 15.7. The fourth-order valence-electron chi connectivity index (χ4n) is 2.80. The predicted octanol–water partition coefficient (Wildman–Crippen LogP) is -3.77. The SMILES string of the molecule is NCCCCC(CN)CCCN.O=P(O)(O)CP(=O)(O)O.O=P(O)(O)CP(=O)(O)O.O=P(O)(O)CP(=O)(O)O.O=P(O)(O)CP(=O)(O)O.O=P(O)(O)CP(=O)(O)O.O=P(O)(O)CP(=O)(O)O. The van der Waals surface area contributed by atoms with Gasteiger partial charge in [-0.05, 0) is 51.2 Å². The second-order valence-electron chi connectivity index (χ2n) is 12.1. The van der Waals surface area contributed by atoms with Gasteiger partial charge < -0.3 is 135 Å². The van der Waals surface area contributed by atoms with Crippen molar-refractivity contribution in [1.82, 2.24) is 0 Å². The lowest BCUT2D eigenvalue weighted by Crippen LogP contribution is -2.16. The molecule has 51 heteroatoms. The molecule has 0 aromatic carbocycles. The summed E-state index contributed by atoms with van der Waals surface area (Å²) in [6, 6.07) is 0. The molecule has 0 aliphatic heterocycles. The summed E-state index contributed by atoms with van der Waals surface area (Å²) >= 11 is 0. The van der Waals surface area contributed by atoms with Gasteiger partial charge in [-0.15, -0.1) is 0 Å². The minimum Gasteiger partial charge on any atom is -0.330 e. The van der Waals surface area contributed by atoms with E-state index in [-0.39, 0.29) is 0 Å². The Kier molecular flexibility index (Phi) is 43.3. The Hall–Kier alpha value is 1.68. The maximum Gasteiger partial charge on any atom is 0.337 e. The summed E-state index contributed by atoms with van der Waals surface area (Å²) in [4.78, 5) is 191. The molecular formula is C15H59N3O36P12. The first-order valence-corrected chi connectivity index (χ1v) is 37.3. The predicted molar refractivity (Wildman–Crippen MR) is 227 cm³/mol. The number of hydrogen-bond acceptors (Lipinski definition) is 15. The molecule has 30 N–H and O–H groups in total. The third-order valence-electron chi connectivity index (χ3n) is 4.43. The van der Waals surface area contributed by atoms with Crippen LogP contribution in [0.1, 0.15) is 32.1 Å². The van der Waals surface area contributed by atoms with Gasteiger partial charge in [-0.25, -0.2) is 0 Å². The van der Waals surface area contributed by atoms with E-state index in [1.165, 1.54) is 19.3 Å². The van der Waals surface area contributed by atoms with Crippen molar-refractivity contribution in [1.29, 1.82) is 0 Å². The molecule has 0 saturated heterocycles. The van der Waals surface area contributed by atoms with Crippen LogP contribution in [-0.4, -0.2) is 172 Å². The Morgan fingerprint density at radius 2 is 0.379 bits per heavy atom. The zero-order valence-electron chi connectivity index (χ0n) is 33.2. The van der Waals surface area contributed by atoms with Gasteiger partial charge >= 0.3 is 91.1 Å². The quantitative estimate of drug-likeness (QED) is 0.0411. The van der Waals surface area contributed by atoms with Crippen molar-refractivity contribution >= 4 is 91.1 Å². The van der Waals surface area contributed by atoms with Gasteiger partial charge in [-0.3, -0.25) is 54.8 Å². The van der Waals surface area contributed by atoms with Crippen molar-refractivity contribution in [3.8, 4) is 0 Å². The third kappa shape index (κ3) is 116. The van der Waals surface area contributed by atoms with Crippen molar-refractivity contribution in [2.24, 2.45) is 23.1 Å². The van der Waals surface area contributed by atoms with Crippen molar-refractivity contribution < 1.29 is 172 Å². The highest BCUT2D eigenvalue weighted by molar-refractivity contribution is 7.71. The summed E-state index contributed by atoms with van der Waals surface area (Å²) in [6.07, 6.45) is 5.83. The Balaban J connectivity index is -0.000000123. The maximum atomic E-state index is 9.85. The van der Waals surface area contributed by atoms with Crippen LogP contribution in [0.5, 0.6) is 0 Å². The molecule has 0 aliphatic carbocycles. The van der Waals surface area contributed by atoms with E-state index in [1.54, 1.807) is 0 Å². The van der Waals surface area contributed by atoms with E-state index in [4.69, 9.17) is 135 Å². The van der Waals surface area contributed by atoms with Crippen LogP contribution in [0.15, 0.2) is 0 Å². The molecule has 0 radical (unpaired) electrons. The van der Waals surface area contributed by atoms with Gasteiger partial charge in [0, 0.05) is 0 Å². The zero-order chi connectivity index (χ0) is 55.5. The van der Waals surface area contributed by atoms with E-state index < -0.39 is 127 Å². The third-order valence-corrected chi connectivity index (χ3v) is 22.1. The molecular weight excluding hydrogens is 1170 g/mol. The standard InChI is InChI=1S/C9H23N3.6CH6O6P2/c10-6-2-1-4-9(8-12)5-3-7-11;6*2-8(3,4)1-9(5,6)7/h9H,1-8,10-12H2;6*1H2,(H2,2,3,4)(H2,5,6,7). The van der Waals surface area contributed by atoms with Crippen LogP contribution in [0.3, 0.4) is 0 Å². The second kappa shape index (κ2) is 35.0. The topological polar surface area (TPSA) is 768 Å². The van der Waals surface area contributed by atoms with Crippen molar-refractivity contribution in [3.05, 3.63) is 0 Å². The van der Waals surface area contributed by atoms with E-state index >= 15 is 0 Å². The summed E-state index contributed by atoms with van der Waals surface area (Å²) in [7, 11) is -54.6. The van der Waals surface area contributed by atoms with Crippen LogP contribution < -0.4 is 17.2 Å². The summed E-state index contributed by atoms with van der Waals surface area (Å²) in [6.45, 7) is 2.38. The van der Waals surface area contributed by atoms with Gasteiger partial charge in [0.2, 0.25) is 0 Å². The monoisotopic (exact) mass is 1230 g/mol. The first kappa shape index (κ1) is 81.7. The Bertz CT molecular complexity index is 1460. The Morgan fingerprint density at radius 3 is 0.470 bits per heavy atom.